The standard InChI is InChI=1S/C10H21NO3.C7H8O3S/c1-7(2)5-9(11)10(12)14-8(3)6-13-4;1-6-2-4-7(5-3-6)11(8,9)10/h7-9H,5-6,11H2,1-4H3;2-5H,1H3,(H,8,9,10)/t8?,9-;/m0./s1. The molecular weight excluding hydrogens is 346 g/mol. The summed E-state index contributed by atoms with van der Waals surface area (Å²) >= 11 is 0. The first-order valence-corrected chi connectivity index (χ1v) is 9.40. The van der Waals surface area contributed by atoms with Gasteiger partial charge in [0.25, 0.3) is 10.1 Å². The summed E-state index contributed by atoms with van der Waals surface area (Å²) in [6.45, 7) is 8.06. The monoisotopic (exact) mass is 375 g/mol. The summed E-state index contributed by atoms with van der Waals surface area (Å²) in [5.41, 5.74) is 6.60. The number of nitrogens with two attached hydrogens (primary N) is 1. The number of hydrogen-bond acceptors (Lipinski definition) is 6. The summed E-state index contributed by atoms with van der Waals surface area (Å²) in [5, 5.41) is 0. The predicted octanol–water partition coefficient (Wildman–Crippen LogP) is 2.18. The van der Waals surface area contributed by atoms with Gasteiger partial charge in [-0.2, -0.15) is 8.42 Å². The number of hydrogen-bond donors (Lipinski definition) is 2. The molecule has 144 valence electrons. The Labute approximate surface area is 150 Å². The largest absolute Gasteiger partial charge is 0.459 e. The van der Waals surface area contributed by atoms with E-state index in [1.807, 2.05) is 20.8 Å². The molecule has 1 rings (SSSR count). The number of rotatable bonds is 7. The van der Waals surface area contributed by atoms with Crippen LogP contribution in [0, 0.1) is 12.8 Å². The van der Waals surface area contributed by atoms with Crippen LogP contribution in [0.15, 0.2) is 29.2 Å². The van der Waals surface area contributed by atoms with Gasteiger partial charge in [0.05, 0.1) is 11.5 Å². The van der Waals surface area contributed by atoms with E-state index in [-0.39, 0.29) is 17.0 Å². The summed E-state index contributed by atoms with van der Waals surface area (Å²) in [4.78, 5) is 11.3. The molecule has 0 spiro atoms. The van der Waals surface area contributed by atoms with E-state index in [4.69, 9.17) is 19.8 Å². The Balaban J connectivity index is 0.000000472. The molecule has 0 aliphatic carbocycles. The molecule has 2 atom stereocenters. The van der Waals surface area contributed by atoms with E-state index >= 15 is 0 Å². The second-order valence-electron chi connectivity index (χ2n) is 6.23. The molecule has 7 nitrogen and oxygen atoms in total. The Hall–Kier alpha value is -1.48. The van der Waals surface area contributed by atoms with Crippen LogP contribution in [-0.2, 0) is 24.4 Å². The number of ether oxygens (including phenoxy) is 2. The first kappa shape index (κ1) is 23.5. The van der Waals surface area contributed by atoms with Gasteiger partial charge in [0.15, 0.2) is 0 Å². The van der Waals surface area contributed by atoms with E-state index in [1.54, 1.807) is 26.2 Å². The van der Waals surface area contributed by atoms with Crippen LogP contribution >= 0.6 is 0 Å². The molecule has 8 heteroatoms. The minimum absolute atomic E-state index is 0.0666. The maximum Gasteiger partial charge on any atom is 0.323 e. The van der Waals surface area contributed by atoms with Crippen molar-refractivity contribution in [2.45, 2.75) is 51.2 Å². The van der Waals surface area contributed by atoms with Crippen molar-refractivity contribution in [1.82, 2.24) is 0 Å². The molecule has 1 unspecified atom stereocenters. The highest BCUT2D eigenvalue weighted by Gasteiger charge is 2.18. The maximum absolute atomic E-state index is 11.4. The lowest BCUT2D eigenvalue weighted by molar-refractivity contribution is -0.152. The lowest BCUT2D eigenvalue weighted by Gasteiger charge is -2.17. The van der Waals surface area contributed by atoms with Crippen LogP contribution in [0.4, 0.5) is 0 Å². The van der Waals surface area contributed by atoms with Crippen LogP contribution in [0.1, 0.15) is 32.8 Å². The van der Waals surface area contributed by atoms with Crippen molar-refractivity contribution in [3.63, 3.8) is 0 Å². The Kier molecular flexibility index (Phi) is 10.5. The molecule has 1 aromatic carbocycles. The number of carbonyl (C=O) groups is 1. The molecule has 25 heavy (non-hydrogen) atoms. The fourth-order valence-electron chi connectivity index (χ4n) is 1.87. The van der Waals surface area contributed by atoms with Crippen molar-refractivity contribution in [3.8, 4) is 0 Å². The molecule has 0 saturated heterocycles. The summed E-state index contributed by atoms with van der Waals surface area (Å²) in [6.07, 6.45) is 0.421. The minimum Gasteiger partial charge on any atom is -0.459 e. The molecule has 1 aromatic rings. The molecule has 0 saturated carbocycles. The zero-order valence-electron chi connectivity index (χ0n) is 15.4. The van der Waals surface area contributed by atoms with Gasteiger partial charge in [0.2, 0.25) is 0 Å². The number of carbonyl (C=O) groups excluding carboxylic acids is 1. The molecule has 0 amide bonds. The highest BCUT2D eigenvalue weighted by Crippen LogP contribution is 2.08. The van der Waals surface area contributed by atoms with Crippen LogP contribution in [0.5, 0.6) is 0 Å². The zero-order valence-corrected chi connectivity index (χ0v) is 16.2. The van der Waals surface area contributed by atoms with Gasteiger partial charge in [0.1, 0.15) is 12.1 Å². The van der Waals surface area contributed by atoms with Crippen LogP contribution in [-0.4, -0.2) is 44.8 Å². The Morgan fingerprint density at radius 2 is 1.72 bits per heavy atom. The number of benzene rings is 1. The van der Waals surface area contributed by atoms with Gasteiger partial charge in [-0.25, -0.2) is 0 Å². The summed E-state index contributed by atoms with van der Waals surface area (Å²) in [5.74, 6) is 0.0542. The Bertz CT molecular complexity index is 613. The third-order valence-corrected chi connectivity index (χ3v) is 3.93. The van der Waals surface area contributed by atoms with Crippen molar-refractivity contribution < 1.29 is 27.2 Å². The fraction of sp³-hybridized carbons (Fsp3) is 0.588. The highest BCUT2D eigenvalue weighted by atomic mass is 32.2. The lowest BCUT2D eigenvalue weighted by Crippen LogP contribution is -2.36. The lowest BCUT2D eigenvalue weighted by atomic mass is 10.1. The highest BCUT2D eigenvalue weighted by molar-refractivity contribution is 7.85. The van der Waals surface area contributed by atoms with Crippen molar-refractivity contribution in [1.29, 1.82) is 0 Å². The van der Waals surface area contributed by atoms with Gasteiger partial charge in [-0.3, -0.25) is 9.35 Å². The van der Waals surface area contributed by atoms with E-state index < -0.39 is 16.2 Å². The van der Waals surface area contributed by atoms with Gasteiger partial charge in [0, 0.05) is 7.11 Å². The van der Waals surface area contributed by atoms with Crippen molar-refractivity contribution in [3.05, 3.63) is 29.8 Å². The molecule has 0 aliphatic heterocycles. The van der Waals surface area contributed by atoms with Gasteiger partial charge in [-0.15, -0.1) is 0 Å². The van der Waals surface area contributed by atoms with Gasteiger partial charge < -0.3 is 15.2 Å². The van der Waals surface area contributed by atoms with Gasteiger partial charge >= 0.3 is 5.97 Å². The van der Waals surface area contributed by atoms with Crippen LogP contribution in [0.25, 0.3) is 0 Å². The van der Waals surface area contributed by atoms with Crippen LogP contribution in [0.3, 0.4) is 0 Å². The quantitative estimate of drug-likeness (QED) is 0.554. The van der Waals surface area contributed by atoms with Gasteiger partial charge in [-0.05, 0) is 38.3 Å². The Morgan fingerprint density at radius 1 is 1.20 bits per heavy atom. The third-order valence-electron chi connectivity index (χ3n) is 3.07. The second kappa shape index (κ2) is 11.2. The predicted molar refractivity (Wildman–Crippen MR) is 95.9 cm³/mol. The number of esters is 1. The molecule has 0 aliphatic rings. The zero-order chi connectivity index (χ0) is 19.6. The fourth-order valence-corrected chi connectivity index (χ4v) is 2.35. The first-order chi connectivity index (χ1) is 11.5. The summed E-state index contributed by atoms with van der Waals surface area (Å²) < 4.78 is 39.5. The smallest absolute Gasteiger partial charge is 0.323 e. The maximum atomic E-state index is 11.4. The normalized spacial score (nSPS) is 13.6. The molecule has 0 bridgehead atoms. The minimum atomic E-state index is -4.02. The number of methoxy groups -OCH3 is 1. The van der Waals surface area contributed by atoms with E-state index in [2.05, 4.69) is 0 Å². The van der Waals surface area contributed by atoms with E-state index in [1.165, 1.54) is 12.1 Å². The molecule has 0 fully saturated rings. The SMILES string of the molecule is COCC(C)OC(=O)[C@@H](N)CC(C)C.Cc1ccc(S(=O)(=O)O)cc1. The van der Waals surface area contributed by atoms with Crippen LogP contribution < -0.4 is 5.73 Å². The van der Waals surface area contributed by atoms with Crippen molar-refractivity contribution >= 4 is 16.1 Å². The summed E-state index contributed by atoms with van der Waals surface area (Å²) in [7, 11) is -2.45. The average molecular weight is 375 g/mol. The summed E-state index contributed by atoms with van der Waals surface area (Å²) in [6, 6.07) is 5.47. The molecule has 3 N–H and O–H groups in total. The average Bonchev–Trinajstić information content (AvgIpc) is 2.46. The van der Waals surface area contributed by atoms with Gasteiger partial charge in [-0.1, -0.05) is 31.5 Å². The Morgan fingerprint density at radius 3 is 2.12 bits per heavy atom. The third kappa shape index (κ3) is 10.9. The first-order valence-electron chi connectivity index (χ1n) is 7.96. The van der Waals surface area contributed by atoms with E-state index in [9.17, 15) is 13.2 Å². The van der Waals surface area contributed by atoms with Crippen molar-refractivity contribution in [2.75, 3.05) is 13.7 Å². The number of aryl methyl sites for hydroxylation is 1. The molecule has 0 aromatic heterocycles. The van der Waals surface area contributed by atoms with E-state index in [0.29, 0.717) is 18.9 Å². The molecule has 0 radical (unpaired) electrons. The van der Waals surface area contributed by atoms with Crippen molar-refractivity contribution in [2.24, 2.45) is 11.7 Å². The van der Waals surface area contributed by atoms with Crippen LogP contribution in [0.2, 0.25) is 0 Å². The van der Waals surface area contributed by atoms with E-state index in [0.717, 1.165) is 5.56 Å². The second-order valence-corrected chi connectivity index (χ2v) is 7.65. The topological polar surface area (TPSA) is 116 Å². The molecule has 0 heterocycles. The molecular formula is C17H29NO6S.